The Morgan fingerprint density at radius 1 is 1.17 bits per heavy atom. The highest BCUT2D eigenvalue weighted by Gasteiger charge is 2.40. The van der Waals surface area contributed by atoms with E-state index in [1.807, 2.05) is 38.1 Å². The van der Waals surface area contributed by atoms with E-state index in [2.05, 4.69) is 10.3 Å². The predicted octanol–water partition coefficient (Wildman–Crippen LogP) is 3.83. The molecule has 0 saturated carbocycles. The van der Waals surface area contributed by atoms with Gasteiger partial charge in [0.25, 0.3) is 5.91 Å². The number of aryl methyl sites for hydroxylation is 1. The van der Waals surface area contributed by atoms with Gasteiger partial charge >= 0.3 is 0 Å². The molecule has 218 valence electrons. The summed E-state index contributed by atoms with van der Waals surface area (Å²) in [5, 5.41) is 19.8. The highest BCUT2D eigenvalue weighted by atomic mass is 35.5. The summed E-state index contributed by atoms with van der Waals surface area (Å²) >= 11 is 6.03. The van der Waals surface area contributed by atoms with Gasteiger partial charge in [-0.3, -0.25) is 14.4 Å². The molecule has 0 atom stereocenters. The maximum Gasteiger partial charge on any atom is 0.254 e. The number of sulfone groups is 1. The van der Waals surface area contributed by atoms with Crippen LogP contribution in [0.3, 0.4) is 0 Å². The predicted molar refractivity (Wildman–Crippen MR) is 151 cm³/mol. The lowest BCUT2D eigenvalue weighted by Gasteiger charge is -2.16. The van der Waals surface area contributed by atoms with E-state index in [4.69, 9.17) is 21.3 Å². The number of nitrogens with zero attached hydrogens (tertiary/aromatic N) is 4. The second-order valence-electron chi connectivity index (χ2n) is 10.4. The van der Waals surface area contributed by atoms with Crippen LogP contribution in [0.15, 0.2) is 52.6 Å². The van der Waals surface area contributed by atoms with E-state index in [1.165, 1.54) is 35.1 Å². The Balaban J connectivity index is 0.000000208. The molecule has 0 bridgehead atoms. The summed E-state index contributed by atoms with van der Waals surface area (Å²) in [4.78, 5) is 35.2. The van der Waals surface area contributed by atoms with Crippen molar-refractivity contribution in [2.75, 3.05) is 19.5 Å². The number of hydrogen-bond donors (Lipinski definition) is 1. The van der Waals surface area contributed by atoms with Gasteiger partial charge < -0.3 is 9.94 Å². The molecular weight excluding hydrogens is 572 g/mol. The van der Waals surface area contributed by atoms with Crippen LogP contribution in [-0.2, 0) is 37.9 Å². The van der Waals surface area contributed by atoms with Gasteiger partial charge in [-0.2, -0.15) is 5.10 Å². The molecule has 1 N–H and O–H groups in total. The van der Waals surface area contributed by atoms with Crippen LogP contribution in [-0.4, -0.2) is 65.2 Å². The van der Waals surface area contributed by atoms with Crippen LogP contribution in [0.4, 0.5) is 0 Å². The molecule has 3 aromatic rings. The van der Waals surface area contributed by atoms with Crippen molar-refractivity contribution in [1.82, 2.24) is 14.8 Å². The van der Waals surface area contributed by atoms with Crippen molar-refractivity contribution < 1.29 is 32.8 Å². The Kier molecular flexibility index (Phi) is 8.57. The molecule has 0 aliphatic carbocycles. The molecule has 1 saturated heterocycles. The Morgan fingerprint density at radius 2 is 1.88 bits per heavy atom. The maximum atomic E-state index is 12.8. The summed E-state index contributed by atoms with van der Waals surface area (Å²) in [5.74, 6) is -0.684. The number of rotatable bonds is 6. The molecule has 11 nitrogen and oxygen atoms in total. The summed E-state index contributed by atoms with van der Waals surface area (Å²) in [7, 11) is -2.00. The molecule has 41 heavy (non-hydrogen) atoms. The average Bonchev–Trinajstić information content (AvgIpc) is 3.62. The molecular formula is C28H31ClN4O7S. The van der Waals surface area contributed by atoms with Gasteiger partial charge in [-0.25, -0.2) is 18.2 Å². The van der Waals surface area contributed by atoms with Gasteiger partial charge in [0.2, 0.25) is 5.88 Å². The minimum absolute atomic E-state index is 0.00687. The van der Waals surface area contributed by atoms with Gasteiger partial charge in [-0.15, -0.1) is 0 Å². The van der Waals surface area contributed by atoms with Crippen LogP contribution in [0.25, 0.3) is 0 Å². The number of hydroxylamine groups is 2. The zero-order valence-corrected chi connectivity index (χ0v) is 24.9. The molecule has 1 fully saturated rings. The van der Waals surface area contributed by atoms with Crippen LogP contribution < -0.4 is 0 Å². The SMILES string of the molecule is CC1(C)CON(Cc2ccccc2Cl)C1=O.Cc1c(C(=O)c2cnn(C)c2O)ccc(S(C)(=O)=O)c1C1=NOCC1. The van der Waals surface area contributed by atoms with E-state index in [0.29, 0.717) is 48.0 Å². The highest BCUT2D eigenvalue weighted by molar-refractivity contribution is 7.90. The summed E-state index contributed by atoms with van der Waals surface area (Å²) in [6.45, 7) is 6.60. The Labute approximate surface area is 243 Å². The lowest BCUT2D eigenvalue weighted by molar-refractivity contribution is -0.165. The van der Waals surface area contributed by atoms with Crippen molar-refractivity contribution in [2.45, 2.75) is 38.6 Å². The molecule has 0 radical (unpaired) electrons. The third-order valence-electron chi connectivity index (χ3n) is 6.77. The first-order valence-electron chi connectivity index (χ1n) is 12.7. The van der Waals surface area contributed by atoms with Crippen molar-refractivity contribution in [2.24, 2.45) is 17.6 Å². The van der Waals surface area contributed by atoms with E-state index < -0.39 is 21.0 Å². The number of ketones is 1. The molecule has 0 unspecified atom stereocenters. The number of oxime groups is 1. The molecule has 13 heteroatoms. The lowest BCUT2D eigenvalue weighted by atomic mass is 9.93. The lowest BCUT2D eigenvalue weighted by Crippen LogP contribution is -2.30. The maximum absolute atomic E-state index is 12.8. The quantitative estimate of drug-likeness (QED) is 0.420. The second-order valence-corrected chi connectivity index (χ2v) is 12.8. The Hall–Kier alpha value is -3.74. The van der Waals surface area contributed by atoms with Crippen molar-refractivity contribution in [3.63, 3.8) is 0 Å². The van der Waals surface area contributed by atoms with Gasteiger partial charge in [0.15, 0.2) is 15.6 Å². The van der Waals surface area contributed by atoms with Crippen LogP contribution >= 0.6 is 11.6 Å². The third kappa shape index (κ3) is 6.29. The molecule has 5 rings (SSSR count). The van der Waals surface area contributed by atoms with Crippen LogP contribution in [0.2, 0.25) is 5.02 Å². The zero-order chi connectivity index (χ0) is 30.1. The van der Waals surface area contributed by atoms with E-state index in [0.717, 1.165) is 11.8 Å². The van der Waals surface area contributed by atoms with E-state index in [-0.39, 0.29) is 27.8 Å². The average molecular weight is 603 g/mol. The molecule has 2 aromatic carbocycles. The molecule has 0 spiro atoms. The number of halogens is 1. The number of aromatic nitrogens is 2. The number of amides is 1. The van der Waals surface area contributed by atoms with Crippen LogP contribution in [0.5, 0.6) is 5.88 Å². The van der Waals surface area contributed by atoms with Gasteiger partial charge in [0.1, 0.15) is 12.2 Å². The first kappa shape index (κ1) is 30.2. The summed E-state index contributed by atoms with van der Waals surface area (Å²) < 4.78 is 25.5. The van der Waals surface area contributed by atoms with Gasteiger partial charge in [-0.05, 0) is 50.1 Å². The fraction of sp³-hybridized carbons (Fsp3) is 0.357. The smallest absolute Gasteiger partial charge is 0.254 e. The zero-order valence-electron chi connectivity index (χ0n) is 23.3. The van der Waals surface area contributed by atoms with Gasteiger partial charge in [0, 0.05) is 35.9 Å². The minimum Gasteiger partial charge on any atom is -0.493 e. The van der Waals surface area contributed by atoms with E-state index >= 15 is 0 Å². The monoisotopic (exact) mass is 602 g/mol. The first-order valence-corrected chi connectivity index (χ1v) is 15.0. The Morgan fingerprint density at radius 3 is 2.41 bits per heavy atom. The molecule has 1 aromatic heterocycles. The minimum atomic E-state index is -3.52. The number of aromatic hydroxyl groups is 1. The van der Waals surface area contributed by atoms with Crippen molar-refractivity contribution >= 4 is 38.8 Å². The normalized spacial score (nSPS) is 16.2. The topological polar surface area (TPSA) is 140 Å². The highest BCUT2D eigenvalue weighted by Crippen LogP contribution is 2.30. The molecule has 2 aliphatic heterocycles. The van der Waals surface area contributed by atoms with E-state index in [9.17, 15) is 23.1 Å². The number of carbonyl (C=O) groups excluding carboxylic acids is 2. The summed E-state index contributed by atoms with van der Waals surface area (Å²) in [6.07, 6.45) is 2.84. The molecule has 3 heterocycles. The van der Waals surface area contributed by atoms with Crippen LogP contribution in [0.1, 0.15) is 52.9 Å². The van der Waals surface area contributed by atoms with E-state index in [1.54, 1.807) is 6.92 Å². The summed E-state index contributed by atoms with van der Waals surface area (Å²) in [5.41, 5.74) is 2.14. The molecule has 2 aliphatic rings. The van der Waals surface area contributed by atoms with Crippen molar-refractivity contribution in [1.29, 1.82) is 0 Å². The second kappa shape index (κ2) is 11.6. The largest absolute Gasteiger partial charge is 0.493 e. The van der Waals surface area contributed by atoms with Crippen LogP contribution in [0, 0.1) is 12.3 Å². The Bertz CT molecular complexity index is 1650. The first-order chi connectivity index (χ1) is 19.2. The fourth-order valence-electron chi connectivity index (χ4n) is 4.41. The van der Waals surface area contributed by atoms with Gasteiger partial charge in [-0.1, -0.05) is 35.0 Å². The van der Waals surface area contributed by atoms with Crippen molar-refractivity contribution in [3.05, 3.63) is 75.4 Å². The number of hydrogen-bond acceptors (Lipinski definition) is 9. The van der Waals surface area contributed by atoms with Crippen molar-refractivity contribution in [3.8, 4) is 5.88 Å². The molecule has 1 amide bonds. The third-order valence-corrected chi connectivity index (χ3v) is 8.28. The van der Waals surface area contributed by atoms with Gasteiger partial charge in [0.05, 0.1) is 35.4 Å². The standard InChI is InChI=1S/C16H17N3O5S.C12H14ClNO2/c1-9-10(15(20)11-8-17-19(2)16(11)21)4-5-13(25(3,22)23)14(9)12-6-7-24-18-12;1-12(2)8-16-14(11(12)15)7-9-5-3-4-6-10(9)13/h4-5,8,21H,6-7H2,1-3H3;3-6H,7-8H2,1-2H3. The number of benzene rings is 2. The number of carbonyl (C=O) groups is 2. The summed E-state index contributed by atoms with van der Waals surface area (Å²) in [6, 6.07) is 10.3. The fourth-order valence-corrected chi connectivity index (χ4v) is 5.57.